The van der Waals surface area contributed by atoms with Crippen LogP contribution in [-0.4, -0.2) is 25.0 Å². The third-order valence-corrected chi connectivity index (χ3v) is 2.52. The van der Waals surface area contributed by atoms with Crippen LogP contribution in [0.2, 0.25) is 0 Å². The highest BCUT2D eigenvalue weighted by Crippen LogP contribution is 2.30. The Hall–Kier alpha value is -1.24. The number of benzene rings is 1. The van der Waals surface area contributed by atoms with Crippen LogP contribution in [0.15, 0.2) is 18.2 Å². The fourth-order valence-corrected chi connectivity index (χ4v) is 1.49. The van der Waals surface area contributed by atoms with Crippen molar-refractivity contribution in [2.24, 2.45) is 0 Å². The Labute approximate surface area is 101 Å². The van der Waals surface area contributed by atoms with Crippen LogP contribution < -0.4 is 15.2 Å². The van der Waals surface area contributed by atoms with Gasteiger partial charge in [0, 0.05) is 11.8 Å². The van der Waals surface area contributed by atoms with Crippen LogP contribution >= 0.6 is 11.8 Å². The van der Waals surface area contributed by atoms with Gasteiger partial charge in [0.05, 0.1) is 19.4 Å². The second-order valence-corrected chi connectivity index (χ2v) is 4.21. The van der Waals surface area contributed by atoms with E-state index in [4.69, 9.17) is 15.2 Å². The Balaban J connectivity index is 2.42. The molecule has 3 nitrogen and oxygen atoms in total. The first kappa shape index (κ1) is 13.8. The standard InChI is InChI=1S/C10H12F3NO2S/c1-15-7-2-3-9(8(14)6-7)16-4-5-17-10(11,12)13/h2-3,6H,4-5,14H2,1H3. The maximum absolute atomic E-state index is 11.8. The van der Waals surface area contributed by atoms with E-state index in [9.17, 15) is 13.2 Å². The second kappa shape index (κ2) is 5.90. The highest BCUT2D eigenvalue weighted by atomic mass is 32.2. The van der Waals surface area contributed by atoms with Gasteiger partial charge in [-0.1, -0.05) is 0 Å². The average Bonchev–Trinajstić information content (AvgIpc) is 2.24. The highest BCUT2D eigenvalue weighted by Gasteiger charge is 2.27. The van der Waals surface area contributed by atoms with Gasteiger partial charge in [-0.05, 0) is 23.9 Å². The Bertz CT molecular complexity index is 371. The number of ether oxygens (including phenoxy) is 2. The number of nitrogen functional groups attached to an aromatic ring is 1. The lowest BCUT2D eigenvalue weighted by Crippen LogP contribution is -2.08. The zero-order valence-corrected chi connectivity index (χ0v) is 9.90. The maximum Gasteiger partial charge on any atom is 0.441 e. The molecule has 0 bridgehead atoms. The van der Waals surface area contributed by atoms with Gasteiger partial charge in [-0.25, -0.2) is 0 Å². The second-order valence-electron chi connectivity index (χ2n) is 3.05. The molecular formula is C10H12F3NO2S. The minimum absolute atomic E-state index is 0.0549. The van der Waals surface area contributed by atoms with Crippen molar-refractivity contribution in [3.8, 4) is 11.5 Å². The first-order valence-electron chi connectivity index (χ1n) is 4.69. The number of methoxy groups -OCH3 is 1. The molecule has 0 saturated carbocycles. The van der Waals surface area contributed by atoms with E-state index in [0.717, 1.165) is 0 Å². The van der Waals surface area contributed by atoms with Crippen LogP contribution in [0.5, 0.6) is 11.5 Å². The predicted octanol–water partition coefficient (Wildman–Crippen LogP) is 2.91. The summed E-state index contributed by atoms with van der Waals surface area (Å²) in [6.45, 7) is -0.0549. The molecule has 0 radical (unpaired) electrons. The molecule has 96 valence electrons. The van der Waals surface area contributed by atoms with Gasteiger partial charge in [0.25, 0.3) is 0 Å². The molecule has 2 N–H and O–H groups in total. The van der Waals surface area contributed by atoms with Crippen LogP contribution in [0.3, 0.4) is 0 Å². The minimum Gasteiger partial charge on any atom is -0.497 e. The number of thioether (sulfide) groups is 1. The van der Waals surface area contributed by atoms with Crippen molar-refractivity contribution in [3.63, 3.8) is 0 Å². The largest absolute Gasteiger partial charge is 0.497 e. The van der Waals surface area contributed by atoms with Gasteiger partial charge in [-0.15, -0.1) is 0 Å². The number of halogens is 3. The van der Waals surface area contributed by atoms with Crippen LogP contribution in [0, 0.1) is 0 Å². The number of alkyl halides is 3. The molecule has 0 aliphatic carbocycles. The summed E-state index contributed by atoms with van der Waals surface area (Å²) in [4.78, 5) is 0. The number of anilines is 1. The molecule has 0 spiro atoms. The number of hydrogen-bond acceptors (Lipinski definition) is 4. The van der Waals surface area contributed by atoms with E-state index in [-0.39, 0.29) is 24.1 Å². The van der Waals surface area contributed by atoms with Crippen LogP contribution in [0.4, 0.5) is 18.9 Å². The molecule has 0 fully saturated rings. The Morgan fingerprint density at radius 3 is 2.59 bits per heavy atom. The van der Waals surface area contributed by atoms with E-state index in [2.05, 4.69) is 0 Å². The van der Waals surface area contributed by atoms with Gasteiger partial charge in [-0.3, -0.25) is 0 Å². The smallest absolute Gasteiger partial charge is 0.441 e. The summed E-state index contributed by atoms with van der Waals surface area (Å²) in [6, 6.07) is 4.74. The van der Waals surface area contributed by atoms with Crippen LogP contribution in [-0.2, 0) is 0 Å². The molecule has 1 rings (SSSR count). The summed E-state index contributed by atoms with van der Waals surface area (Å²) in [7, 11) is 1.50. The summed E-state index contributed by atoms with van der Waals surface area (Å²) in [5.74, 6) is 0.753. The highest BCUT2D eigenvalue weighted by molar-refractivity contribution is 8.00. The fourth-order valence-electron chi connectivity index (χ4n) is 1.09. The van der Waals surface area contributed by atoms with Gasteiger partial charge in [0.2, 0.25) is 0 Å². The summed E-state index contributed by atoms with van der Waals surface area (Å²) >= 11 is -0.124. The Morgan fingerprint density at radius 2 is 2.06 bits per heavy atom. The topological polar surface area (TPSA) is 44.5 Å². The molecule has 0 aliphatic heterocycles. The van der Waals surface area contributed by atoms with E-state index in [1.54, 1.807) is 18.2 Å². The predicted molar refractivity (Wildman–Crippen MR) is 61.4 cm³/mol. The van der Waals surface area contributed by atoms with E-state index in [0.29, 0.717) is 17.2 Å². The SMILES string of the molecule is COc1ccc(OCCSC(F)(F)F)c(N)c1. The van der Waals surface area contributed by atoms with Crippen molar-refractivity contribution in [2.45, 2.75) is 5.51 Å². The molecule has 1 aromatic rings. The van der Waals surface area contributed by atoms with E-state index >= 15 is 0 Å². The molecule has 0 amide bonds. The van der Waals surface area contributed by atoms with Gasteiger partial charge in [0.1, 0.15) is 11.5 Å². The lowest BCUT2D eigenvalue weighted by atomic mass is 10.3. The molecule has 0 heterocycles. The zero-order valence-electron chi connectivity index (χ0n) is 9.08. The van der Waals surface area contributed by atoms with Gasteiger partial charge < -0.3 is 15.2 Å². The Kier molecular flexibility index (Phi) is 4.80. The number of nitrogens with two attached hydrogens (primary N) is 1. The fraction of sp³-hybridized carbons (Fsp3) is 0.400. The summed E-state index contributed by atoms with van der Waals surface area (Å²) in [5, 5.41) is 0. The molecule has 0 aliphatic rings. The van der Waals surface area contributed by atoms with Crippen molar-refractivity contribution < 1.29 is 22.6 Å². The average molecular weight is 267 g/mol. The van der Waals surface area contributed by atoms with Gasteiger partial charge in [-0.2, -0.15) is 13.2 Å². The molecule has 7 heteroatoms. The summed E-state index contributed by atoms with van der Waals surface area (Å²) in [5.41, 5.74) is 1.74. The number of rotatable bonds is 5. The number of hydrogen-bond donors (Lipinski definition) is 1. The molecular weight excluding hydrogens is 255 g/mol. The molecule has 0 atom stereocenters. The summed E-state index contributed by atoms with van der Waals surface area (Å²) in [6.07, 6.45) is 0. The van der Waals surface area contributed by atoms with Crippen molar-refractivity contribution in [1.29, 1.82) is 0 Å². The minimum atomic E-state index is -4.23. The lowest BCUT2D eigenvalue weighted by Gasteiger charge is -2.10. The molecule has 1 aromatic carbocycles. The van der Waals surface area contributed by atoms with Gasteiger partial charge >= 0.3 is 5.51 Å². The van der Waals surface area contributed by atoms with Crippen LogP contribution in [0.25, 0.3) is 0 Å². The first-order chi connectivity index (χ1) is 7.92. The van der Waals surface area contributed by atoms with E-state index in [1.165, 1.54) is 7.11 Å². The molecule has 17 heavy (non-hydrogen) atoms. The first-order valence-corrected chi connectivity index (χ1v) is 5.68. The molecule has 0 unspecified atom stereocenters. The summed E-state index contributed by atoms with van der Waals surface area (Å²) < 4.78 is 45.5. The van der Waals surface area contributed by atoms with Crippen LogP contribution in [0.1, 0.15) is 0 Å². The van der Waals surface area contributed by atoms with Crippen molar-refractivity contribution in [2.75, 3.05) is 25.2 Å². The van der Waals surface area contributed by atoms with Gasteiger partial charge in [0.15, 0.2) is 0 Å². The molecule has 0 aromatic heterocycles. The maximum atomic E-state index is 11.8. The molecule has 0 saturated heterocycles. The third kappa shape index (κ3) is 5.08. The monoisotopic (exact) mass is 267 g/mol. The quantitative estimate of drug-likeness (QED) is 0.658. The van der Waals surface area contributed by atoms with E-state index in [1.807, 2.05) is 0 Å². The Morgan fingerprint density at radius 1 is 1.35 bits per heavy atom. The van der Waals surface area contributed by atoms with Crippen molar-refractivity contribution in [3.05, 3.63) is 18.2 Å². The van der Waals surface area contributed by atoms with Crippen molar-refractivity contribution in [1.82, 2.24) is 0 Å². The van der Waals surface area contributed by atoms with E-state index < -0.39 is 5.51 Å². The lowest BCUT2D eigenvalue weighted by molar-refractivity contribution is -0.0329. The normalized spacial score (nSPS) is 11.3. The zero-order chi connectivity index (χ0) is 12.9. The third-order valence-electron chi connectivity index (χ3n) is 1.82. The van der Waals surface area contributed by atoms with Crippen molar-refractivity contribution >= 4 is 17.4 Å².